The van der Waals surface area contributed by atoms with Gasteiger partial charge in [0.1, 0.15) is 0 Å². The Kier molecular flexibility index (Phi) is 3.47. The minimum Gasteiger partial charge on any atom is -0.330 e. The van der Waals surface area contributed by atoms with Gasteiger partial charge < -0.3 is 5.73 Å². The largest absolute Gasteiger partial charge is 0.330 e. The van der Waals surface area contributed by atoms with Crippen LogP contribution in [0.25, 0.3) is 0 Å². The number of carbonyl (C=O) groups is 1. The van der Waals surface area contributed by atoms with Crippen LogP contribution in [0.5, 0.6) is 0 Å². The van der Waals surface area contributed by atoms with Gasteiger partial charge in [-0.25, -0.2) is 12.7 Å². The summed E-state index contributed by atoms with van der Waals surface area (Å²) in [4.78, 5) is 10.9. The number of nitrogens with two attached hydrogens (primary N) is 1. The maximum Gasteiger partial charge on any atom is 0.237 e. The molecule has 6 heteroatoms. The second kappa shape index (κ2) is 3.68. The van der Waals surface area contributed by atoms with Crippen molar-refractivity contribution in [1.29, 1.82) is 0 Å². The molecular weight excluding hydrogens is 168 g/mol. The van der Waals surface area contributed by atoms with Gasteiger partial charge >= 0.3 is 0 Å². The van der Waals surface area contributed by atoms with Gasteiger partial charge in [-0.3, -0.25) is 4.79 Å². The molecule has 0 aliphatic carbocycles. The summed E-state index contributed by atoms with van der Waals surface area (Å²) < 4.78 is 22.1. The molecule has 0 radical (unpaired) electrons. The van der Waals surface area contributed by atoms with Crippen LogP contribution >= 0.6 is 0 Å². The quantitative estimate of drug-likeness (QED) is 0.588. The lowest BCUT2D eigenvalue weighted by Gasteiger charge is -2.12. The zero-order valence-corrected chi connectivity index (χ0v) is 7.39. The van der Waals surface area contributed by atoms with Gasteiger partial charge in [0.05, 0.1) is 6.26 Å². The zero-order valence-electron chi connectivity index (χ0n) is 6.57. The summed E-state index contributed by atoms with van der Waals surface area (Å²) in [5, 5.41) is 0. The Bertz CT molecular complexity index is 234. The highest BCUT2D eigenvalue weighted by molar-refractivity contribution is 7.88. The van der Waals surface area contributed by atoms with Gasteiger partial charge in [0.15, 0.2) is 0 Å². The first-order valence-corrected chi connectivity index (χ1v) is 4.91. The average molecular weight is 180 g/mol. The first kappa shape index (κ1) is 10.4. The predicted octanol–water partition coefficient (Wildman–Crippen LogP) is -1.25. The van der Waals surface area contributed by atoms with E-state index in [1.807, 2.05) is 0 Å². The Labute approximate surface area is 66.2 Å². The molecule has 0 aromatic carbocycles. The van der Waals surface area contributed by atoms with Crippen LogP contribution in [0.4, 0.5) is 0 Å². The highest BCUT2D eigenvalue weighted by Gasteiger charge is 2.16. The molecule has 2 N–H and O–H groups in total. The molecule has 66 valence electrons. The van der Waals surface area contributed by atoms with Crippen molar-refractivity contribution >= 4 is 15.9 Å². The number of carbonyl (C=O) groups excluding carboxylic acids is 1. The maximum atomic E-state index is 10.9. The molecule has 0 saturated heterocycles. The number of hydrogen-bond donors (Lipinski definition) is 1. The molecule has 0 bridgehead atoms. The van der Waals surface area contributed by atoms with E-state index >= 15 is 0 Å². The van der Waals surface area contributed by atoms with Crippen molar-refractivity contribution < 1.29 is 13.2 Å². The molecular formula is C5H12N2O3S. The van der Waals surface area contributed by atoms with E-state index < -0.39 is 15.9 Å². The summed E-state index contributed by atoms with van der Waals surface area (Å²) in [5.74, 6) is -0.477. The van der Waals surface area contributed by atoms with Gasteiger partial charge in [-0.2, -0.15) is 0 Å². The lowest BCUT2D eigenvalue weighted by atomic mass is 10.4. The highest BCUT2D eigenvalue weighted by Crippen LogP contribution is 1.95. The summed E-state index contributed by atoms with van der Waals surface area (Å²) in [6.07, 6.45) is 1.03. The maximum absolute atomic E-state index is 10.9. The van der Waals surface area contributed by atoms with Gasteiger partial charge in [-0.05, 0) is 0 Å². The van der Waals surface area contributed by atoms with E-state index in [2.05, 4.69) is 0 Å². The standard InChI is InChI=1S/C5H12N2O3S/c1-7(11(2,9)10)5(8)3-4-6/h3-4,6H2,1-2H3. The molecule has 5 nitrogen and oxygen atoms in total. The monoisotopic (exact) mass is 180 g/mol. The van der Waals surface area contributed by atoms with Crippen LogP contribution in [-0.2, 0) is 14.8 Å². The van der Waals surface area contributed by atoms with Crippen molar-refractivity contribution in [1.82, 2.24) is 4.31 Å². The minimum absolute atomic E-state index is 0.0591. The lowest BCUT2D eigenvalue weighted by Crippen LogP contribution is -2.33. The Balaban J connectivity index is 4.27. The fourth-order valence-corrected chi connectivity index (χ4v) is 0.927. The van der Waals surface area contributed by atoms with Crippen LogP contribution in [0.1, 0.15) is 6.42 Å². The summed E-state index contributed by atoms with van der Waals surface area (Å²) in [6, 6.07) is 0. The molecule has 0 spiro atoms. The second-order valence-corrected chi connectivity index (χ2v) is 4.18. The number of amides is 1. The smallest absolute Gasteiger partial charge is 0.237 e. The van der Waals surface area contributed by atoms with Crippen LogP contribution in [0.2, 0.25) is 0 Å². The van der Waals surface area contributed by atoms with E-state index in [1.165, 1.54) is 7.05 Å². The van der Waals surface area contributed by atoms with Crippen molar-refractivity contribution in [3.63, 3.8) is 0 Å². The predicted molar refractivity (Wildman–Crippen MR) is 41.3 cm³/mol. The molecule has 0 heterocycles. The topological polar surface area (TPSA) is 80.5 Å². The van der Waals surface area contributed by atoms with Crippen molar-refractivity contribution in [2.75, 3.05) is 19.8 Å². The Hall–Kier alpha value is -0.620. The van der Waals surface area contributed by atoms with E-state index in [9.17, 15) is 13.2 Å². The first-order chi connectivity index (χ1) is 4.89. The highest BCUT2D eigenvalue weighted by atomic mass is 32.2. The zero-order chi connectivity index (χ0) is 9.07. The van der Waals surface area contributed by atoms with Gasteiger partial charge in [0.25, 0.3) is 0 Å². The Morgan fingerprint density at radius 1 is 1.55 bits per heavy atom. The van der Waals surface area contributed by atoms with Crippen molar-refractivity contribution in [2.24, 2.45) is 5.73 Å². The molecule has 0 rings (SSSR count). The third kappa shape index (κ3) is 3.33. The molecule has 0 aromatic heterocycles. The molecule has 0 saturated carbocycles. The number of nitrogens with zero attached hydrogens (tertiary/aromatic N) is 1. The normalized spacial score (nSPS) is 11.2. The number of hydrogen-bond acceptors (Lipinski definition) is 4. The summed E-state index contributed by atoms with van der Waals surface area (Å²) in [6.45, 7) is 0.165. The SMILES string of the molecule is CN(C(=O)CCN)S(C)(=O)=O. The minimum atomic E-state index is -3.40. The third-order valence-corrected chi connectivity index (χ3v) is 2.41. The van der Waals surface area contributed by atoms with Crippen molar-refractivity contribution in [2.45, 2.75) is 6.42 Å². The van der Waals surface area contributed by atoms with E-state index in [4.69, 9.17) is 5.73 Å². The van der Waals surface area contributed by atoms with E-state index in [-0.39, 0.29) is 13.0 Å². The number of sulfonamides is 1. The number of rotatable bonds is 3. The van der Waals surface area contributed by atoms with Crippen LogP contribution in [-0.4, -0.2) is 38.5 Å². The summed E-state index contributed by atoms with van der Waals surface area (Å²) >= 11 is 0. The molecule has 11 heavy (non-hydrogen) atoms. The Morgan fingerprint density at radius 3 is 2.27 bits per heavy atom. The van der Waals surface area contributed by atoms with Crippen molar-refractivity contribution in [3.05, 3.63) is 0 Å². The molecule has 1 amide bonds. The molecule has 0 unspecified atom stereocenters. The van der Waals surface area contributed by atoms with Gasteiger partial charge in [-0.15, -0.1) is 0 Å². The molecule has 0 fully saturated rings. The second-order valence-electron chi connectivity index (χ2n) is 2.16. The van der Waals surface area contributed by atoms with E-state index in [1.54, 1.807) is 0 Å². The van der Waals surface area contributed by atoms with Crippen LogP contribution in [0.3, 0.4) is 0 Å². The fraction of sp³-hybridized carbons (Fsp3) is 0.800. The summed E-state index contributed by atoms with van der Waals surface area (Å²) in [7, 11) is -2.18. The van der Waals surface area contributed by atoms with Gasteiger partial charge in [0, 0.05) is 20.0 Å². The third-order valence-electron chi connectivity index (χ3n) is 1.21. The van der Waals surface area contributed by atoms with Crippen LogP contribution in [0, 0.1) is 0 Å². The van der Waals surface area contributed by atoms with Crippen LogP contribution < -0.4 is 5.73 Å². The Morgan fingerprint density at radius 2 is 2.00 bits per heavy atom. The van der Waals surface area contributed by atoms with Gasteiger partial charge in [-0.1, -0.05) is 0 Å². The van der Waals surface area contributed by atoms with Gasteiger partial charge in [0.2, 0.25) is 15.9 Å². The lowest BCUT2D eigenvalue weighted by molar-refractivity contribution is -0.125. The van der Waals surface area contributed by atoms with Crippen molar-refractivity contribution in [3.8, 4) is 0 Å². The first-order valence-electron chi connectivity index (χ1n) is 3.06. The molecule has 0 aromatic rings. The summed E-state index contributed by atoms with van der Waals surface area (Å²) in [5.41, 5.74) is 5.07. The van der Waals surface area contributed by atoms with Crippen LogP contribution in [0.15, 0.2) is 0 Å². The average Bonchev–Trinajstić information content (AvgIpc) is 1.85. The molecule has 0 aliphatic heterocycles. The van der Waals surface area contributed by atoms with E-state index in [0.717, 1.165) is 6.26 Å². The fourth-order valence-electron chi connectivity index (χ4n) is 0.466. The van der Waals surface area contributed by atoms with E-state index in [0.29, 0.717) is 4.31 Å². The molecule has 0 aliphatic rings. The molecule has 0 atom stereocenters.